The fraction of sp³-hybridized carbons (Fsp3) is 0.0135. The van der Waals surface area contributed by atoms with Crippen LogP contribution in [0, 0.1) is 0 Å². The smallest absolute Gasteiger partial charge is 0.170 e. The molecule has 11 aromatic rings. The summed E-state index contributed by atoms with van der Waals surface area (Å²) in [6.07, 6.45) is 20.4. The van der Waals surface area contributed by atoms with E-state index in [0.29, 0.717) is 12.2 Å². The third kappa shape index (κ3) is 7.46. The van der Waals surface area contributed by atoms with Crippen LogP contribution in [-0.2, 0) is 6.42 Å². The van der Waals surface area contributed by atoms with Gasteiger partial charge >= 0.3 is 0 Å². The number of fused-ring (bicyclic) bond motifs is 8. The van der Waals surface area contributed by atoms with Crippen molar-refractivity contribution in [1.29, 1.82) is 0 Å². The summed E-state index contributed by atoms with van der Waals surface area (Å²) in [5, 5.41) is 6.81. The van der Waals surface area contributed by atoms with E-state index >= 15 is 0 Å². The largest absolute Gasteiger partial charge is 0.454 e. The molecule has 0 unspecified atom stereocenters. The second kappa shape index (κ2) is 18.5. The number of anilines is 5. The Bertz CT molecular complexity index is 4600. The Hall–Kier alpha value is -10.4. The molecule has 0 saturated heterocycles. The third-order valence-electron chi connectivity index (χ3n) is 15.6. The van der Waals surface area contributed by atoms with Crippen LogP contribution in [0.2, 0.25) is 0 Å². The molecular formula is C74H48N2O2. The first-order valence-electron chi connectivity index (χ1n) is 26.6. The maximum atomic E-state index is 6.94. The van der Waals surface area contributed by atoms with E-state index in [2.05, 4.69) is 264 Å². The van der Waals surface area contributed by atoms with Gasteiger partial charge in [-0.05, 0) is 139 Å². The van der Waals surface area contributed by atoms with Gasteiger partial charge in [-0.25, -0.2) is 0 Å². The summed E-state index contributed by atoms with van der Waals surface area (Å²) in [5.41, 5.74) is 22.9. The van der Waals surface area contributed by atoms with E-state index in [1.54, 1.807) is 0 Å². The van der Waals surface area contributed by atoms with Crippen molar-refractivity contribution >= 4 is 95.2 Å². The molecule has 0 spiro atoms. The lowest BCUT2D eigenvalue weighted by Gasteiger charge is -2.34. The molecule has 78 heavy (non-hydrogen) atoms. The van der Waals surface area contributed by atoms with Gasteiger partial charge in [-0.15, -0.1) is 0 Å². The fourth-order valence-electron chi connectivity index (χ4n) is 12.0. The molecular weight excluding hydrogens is 949 g/mol. The molecule has 0 radical (unpaired) electrons. The number of furan rings is 1. The van der Waals surface area contributed by atoms with Crippen LogP contribution in [0.5, 0.6) is 5.75 Å². The van der Waals surface area contributed by atoms with Gasteiger partial charge in [0.1, 0.15) is 5.58 Å². The average molecular weight is 997 g/mol. The topological polar surface area (TPSA) is 28.9 Å². The Labute approximate surface area is 452 Å². The zero-order chi connectivity index (χ0) is 51.7. The van der Waals surface area contributed by atoms with E-state index in [0.717, 1.165) is 123 Å². The van der Waals surface area contributed by atoms with Crippen LogP contribution in [0.1, 0.15) is 27.8 Å². The SMILES string of the molecule is C=C1C=Cc2c(N(c3ccccc3)c3cccc4c3OC3=C=C4C=CC=C3)cc(-c3cccc4ccccc34)c3c2CC(=C(N(c2ccccc2)c2cccc4c2oc2ccccc24)C=C1c1cccc2ccccc12)C=C3. The standard InChI is InChI=1S/C74H48N2O2/c1-48-40-42-62-66-45-52(70(46-65(48)59-34-16-23-49-20-9-12-30-56(49)59)75(53-25-4-2-5-26-53)69-38-19-36-64-63-32-14-15-39-72(63)78-74(64)69)41-43-61(66)67(60-35-17-24-50-21-10-13-31-57(50)60)47-71(62)76(54-27-6-3-7-28-54)68-37-18-33-58-51-22-8-11-29-55(44-51)77-73(58)68/h2-43,46-47H,1,45H2. The van der Waals surface area contributed by atoms with Gasteiger partial charge in [0.25, 0.3) is 0 Å². The zero-order valence-electron chi connectivity index (χ0n) is 42.5. The lowest BCUT2D eigenvalue weighted by Crippen LogP contribution is -2.20. The second-order valence-electron chi connectivity index (χ2n) is 20.1. The summed E-state index contributed by atoms with van der Waals surface area (Å²) in [5.74, 6) is 1.44. The molecule has 10 aromatic carbocycles. The van der Waals surface area contributed by atoms with Gasteiger partial charge in [0.05, 0.1) is 22.8 Å². The van der Waals surface area contributed by atoms with E-state index in [1.165, 1.54) is 21.9 Å². The second-order valence-corrected chi connectivity index (χ2v) is 20.1. The number of nitrogens with zero attached hydrogens (tertiary/aromatic N) is 2. The van der Waals surface area contributed by atoms with Crippen LogP contribution >= 0.6 is 0 Å². The van der Waals surface area contributed by atoms with Crippen molar-refractivity contribution in [3.8, 4) is 16.9 Å². The quantitative estimate of drug-likeness (QED) is 0.142. The first kappa shape index (κ1) is 45.0. The number of rotatable bonds is 8. The molecule has 4 aliphatic rings. The Balaban J connectivity index is 1.07. The molecule has 0 atom stereocenters. The Morgan fingerprint density at radius 3 is 1.85 bits per heavy atom. The maximum absolute atomic E-state index is 6.94. The summed E-state index contributed by atoms with van der Waals surface area (Å²) in [4.78, 5) is 4.81. The predicted octanol–water partition coefficient (Wildman–Crippen LogP) is 19.7. The molecule has 3 aliphatic carbocycles. The van der Waals surface area contributed by atoms with Crippen molar-refractivity contribution in [2.75, 3.05) is 9.80 Å². The molecule has 15 rings (SSSR count). The Morgan fingerprint density at radius 2 is 1.05 bits per heavy atom. The van der Waals surface area contributed by atoms with E-state index in [1.807, 2.05) is 18.2 Å². The molecule has 4 heteroatoms. The third-order valence-corrected chi connectivity index (χ3v) is 15.6. The summed E-state index contributed by atoms with van der Waals surface area (Å²) < 4.78 is 13.9. The van der Waals surface area contributed by atoms with Gasteiger partial charge in [-0.1, -0.05) is 206 Å². The van der Waals surface area contributed by atoms with Gasteiger partial charge in [0.2, 0.25) is 0 Å². The number of benzene rings is 10. The minimum absolute atomic E-state index is 0.596. The maximum Gasteiger partial charge on any atom is 0.170 e. The average Bonchev–Trinajstić information content (AvgIpc) is 3.95. The number of para-hydroxylation sites is 5. The first-order chi connectivity index (χ1) is 38.6. The lowest BCUT2D eigenvalue weighted by atomic mass is 9.80. The summed E-state index contributed by atoms with van der Waals surface area (Å²) in [6, 6.07) is 75.8. The Morgan fingerprint density at radius 1 is 0.449 bits per heavy atom. The van der Waals surface area contributed by atoms with E-state index < -0.39 is 0 Å². The highest BCUT2D eigenvalue weighted by Gasteiger charge is 2.32. The zero-order valence-corrected chi connectivity index (χ0v) is 42.5. The van der Waals surface area contributed by atoms with Crippen LogP contribution in [0.25, 0.3) is 77.9 Å². The van der Waals surface area contributed by atoms with Crippen LogP contribution in [0.15, 0.2) is 294 Å². The van der Waals surface area contributed by atoms with Crippen LogP contribution in [0.3, 0.4) is 0 Å². The van der Waals surface area contributed by atoms with Gasteiger partial charge in [0, 0.05) is 45.3 Å². The van der Waals surface area contributed by atoms with Crippen molar-refractivity contribution in [2.24, 2.45) is 0 Å². The number of hydrogen-bond donors (Lipinski definition) is 0. The highest BCUT2D eigenvalue weighted by Crippen LogP contribution is 2.52. The molecule has 1 aliphatic heterocycles. The van der Waals surface area contributed by atoms with E-state index in [-0.39, 0.29) is 0 Å². The highest BCUT2D eigenvalue weighted by molar-refractivity contribution is 6.11. The Kier molecular flexibility index (Phi) is 10.7. The molecule has 0 fully saturated rings. The summed E-state index contributed by atoms with van der Waals surface area (Å²) in [6.45, 7) is 5.01. The predicted molar refractivity (Wildman–Crippen MR) is 326 cm³/mol. The molecule has 4 nitrogen and oxygen atoms in total. The van der Waals surface area contributed by atoms with Gasteiger partial charge < -0.3 is 19.0 Å². The van der Waals surface area contributed by atoms with Crippen molar-refractivity contribution in [2.45, 2.75) is 6.42 Å². The molecule has 0 amide bonds. The van der Waals surface area contributed by atoms with Gasteiger partial charge in [-0.3, -0.25) is 0 Å². The van der Waals surface area contributed by atoms with Crippen molar-refractivity contribution < 1.29 is 9.15 Å². The molecule has 1 aromatic heterocycles. The molecule has 0 N–H and O–H groups in total. The van der Waals surface area contributed by atoms with E-state index in [9.17, 15) is 0 Å². The minimum atomic E-state index is 0.596. The van der Waals surface area contributed by atoms with Crippen LogP contribution < -0.4 is 14.5 Å². The van der Waals surface area contributed by atoms with Crippen molar-refractivity contribution in [3.05, 3.63) is 318 Å². The normalized spacial score (nSPS) is 14.3. The monoisotopic (exact) mass is 996 g/mol. The lowest BCUT2D eigenvalue weighted by molar-refractivity contribution is 0.443. The molecule has 2 heterocycles. The highest BCUT2D eigenvalue weighted by atomic mass is 16.5. The first-order valence-corrected chi connectivity index (χ1v) is 26.6. The fourth-order valence-corrected chi connectivity index (χ4v) is 12.0. The van der Waals surface area contributed by atoms with Crippen LogP contribution in [-0.4, -0.2) is 0 Å². The molecule has 0 saturated carbocycles. The number of hydrogen-bond acceptors (Lipinski definition) is 4. The number of allylic oxidation sites excluding steroid dienone is 10. The van der Waals surface area contributed by atoms with Crippen molar-refractivity contribution in [1.82, 2.24) is 0 Å². The van der Waals surface area contributed by atoms with Gasteiger partial charge in [-0.2, -0.15) is 0 Å². The van der Waals surface area contributed by atoms with Gasteiger partial charge in [0.15, 0.2) is 17.1 Å². The molecule has 4 bridgehead atoms. The summed E-state index contributed by atoms with van der Waals surface area (Å²) in [7, 11) is 0. The van der Waals surface area contributed by atoms with Crippen LogP contribution in [0.4, 0.5) is 28.4 Å². The minimum Gasteiger partial charge on any atom is -0.454 e. The van der Waals surface area contributed by atoms with Crippen molar-refractivity contribution in [3.63, 3.8) is 0 Å². The molecule has 366 valence electrons. The summed E-state index contributed by atoms with van der Waals surface area (Å²) >= 11 is 0. The number of ether oxygens (including phenoxy) is 1. The van der Waals surface area contributed by atoms with E-state index in [4.69, 9.17) is 15.7 Å².